The van der Waals surface area contributed by atoms with Crippen molar-refractivity contribution >= 4 is 22.3 Å². The zero-order valence-electron chi connectivity index (χ0n) is 10.7. The molecule has 2 nitrogen and oxygen atoms in total. The zero-order valence-corrected chi connectivity index (χ0v) is 10.7. The fourth-order valence-electron chi connectivity index (χ4n) is 2.00. The third kappa shape index (κ3) is 2.28. The van der Waals surface area contributed by atoms with Crippen molar-refractivity contribution in [1.29, 1.82) is 0 Å². The Morgan fingerprint density at radius 3 is 2.67 bits per heavy atom. The van der Waals surface area contributed by atoms with Crippen molar-refractivity contribution in [3.63, 3.8) is 0 Å². The Hall–Kier alpha value is -2.09. The second-order valence-electron chi connectivity index (χ2n) is 4.25. The third-order valence-electron chi connectivity index (χ3n) is 2.83. The second kappa shape index (κ2) is 5.05. The maximum Gasteiger partial charge on any atom is 0.338 e. The summed E-state index contributed by atoms with van der Waals surface area (Å²) >= 11 is 0. The molecule has 18 heavy (non-hydrogen) atoms. The van der Waals surface area contributed by atoms with Crippen LogP contribution in [0.5, 0.6) is 0 Å². The van der Waals surface area contributed by atoms with E-state index in [1.165, 1.54) is 0 Å². The van der Waals surface area contributed by atoms with Crippen LogP contribution in [0.15, 0.2) is 43.0 Å². The molecule has 0 saturated carbocycles. The summed E-state index contributed by atoms with van der Waals surface area (Å²) in [5, 5.41) is 2.14. The molecule has 0 heterocycles. The minimum Gasteiger partial charge on any atom is -0.462 e. The molecule has 0 aliphatic rings. The monoisotopic (exact) mass is 240 g/mol. The first-order chi connectivity index (χ1) is 8.63. The van der Waals surface area contributed by atoms with E-state index >= 15 is 0 Å². The van der Waals surface area contributed by atoms with E-state index in [-0.39, 0.29) is 5.97 Å². The van der Waals surface area contributed by atoms with E-state index in [0.717, 1.165) is 21.9 Å². The van der Waals surface area contributed by atoms with Gasteiger partial charge in [-0.15, -0.1) is 0 Å². The predicted octanol–water partition coefficient (Wildman–Crippen LogP) is 4.05. The summed E-state index contributed by atoms with van der Waals surface area (Å²) in [6, 6.07) is 11.7. The molecule has 0 spiro atoms. The molecule has 0 aliphatic heterocycles. The Morgan fingerprint density at radius 2 is 2.00 bits per heavy atom. The molecular weight excluding hydrogens is 224 g/mol. The van der Waals surface area contributed by atoms with Crippen LogP contribution in [0.4, 0.5) is 0 Å². The molecule has 0 amide bonds. The molecule has 2 aromatic rings. The van der Waals surface area contributed by atoms with Crippen molar-refractivity contribution in [3.05, 3.63) is 54.1 Å². The van der Waals surface area contributed by atoms with Gasteiger partial charge in [0.2, 0.25) is 0 Å². The van der Waals surface area contributed by atoms with E-state index in [0.29, 0.717) is 12.2 Å². The lowest BCUT2D eigenvalue weighted by molar-refractivity contribution is 0.0526. The van der Waals surface area contributed by atoms with Crippen LogP contribution in [0.3, 0.4) is 0 Å². The number of carbonyl (C=O) groups is 1. The van der Waals surface area contributed by atoms with Gasteiger partial charge in [0, 0.05) is 0 Å². The largest absolute Gasteiger partial charge is 0.462 e. The van der Waals surface area contributed by atoms with Gasteiger partial charge in [0.1, 0.15) is 0 Å². The normalized spacial score (nSPS) is 10.3. The zero-order chi connectivity index (χ0) is 13.1. The molecule has 0 saturated heterocycles. The van der Waals surface area contributed by atoms with Gasteiger partial charge < -0.3 is 4.74 Å². The fraction of sp³-hybridized carbons (Fsp3) is 0.188. The number of hydrogen-bond donors (Lipinski definition) is 0. The van der Waals surface area contributed by atoms with Crippen molar-refractivity contribution in [2.75, 3.05) is 6.61 Å². The lowest BCUT2D eigenvalue weighted by Crippen LogP contribution is -2.05. The maximum absolute atomic E-state index is 11.8. The number of esters is 1. The van der Waals surface area contributed by atoms with E-state index in [4.69, 9.17) is 4.74 Å². The van der Waals surface area contributed by atoms with Crippen molar-refractivity contribution in [2.24, 2.45) is 0 Å². The SMILES string of the molecule is C=C(C)c1cc(C(=O)OCC)cc2ccccc12. The summed E-state index contributed by atoms with van der Waals surface area (Å²) in [5.74, 6) is -0.286. The van der Waals surface area contributed by atoms with Gasteiger partial charge in [-0.2, -0.15) is 0 Å². The third-order valence-corrected chi connectivity index (χ3v) is 2.83. The quantitative estimate of drug-likeness (QED) is 0.756. The van der Waals surface area contributed by atoms with Gasteiger partial charge in [-0.1, -0.05) is 36.4 Å². The summed E-state index contributed by atoms with van der Waals surface area (Å²) in [6.45, 7) is 8.10. The van der Waals surface area contributed by atoms with Crippen LogP contribution in [-0.4, -0.2) is 12.6 Å². The highest BCUT2D eigenvalue weighted by atomic mass is 16.5. The van der Waals surface area contributed by atoms with Gasteiger partial charge in [0.25, 0.3) is 0 Å². The van der Waals surface area contributed by atoms with Crippen LogP contribution < -0.4 is 0 Å². The standard InChI is InChI=1S/C16H16O2/c1-4-18-16(17)13-9-12-7-5-6-8-14(12)15(10-13)11(2)3/h5-10H,2,4H2,1,3H3. The summed E-state index contributed by atoms with van der Waals surface area (Å²) in [6.07, 6.45) is 0. The molecule has 0 radical (unpaired) electrons. The van der Waals surface area contributed by atoms with Gasteiger partial charge in [0.15, 0.2) is 0 Å². The average Bonchev–Trinajstić information content (AvgIpc) is 2.37. The molecule has 0 unspecified atom stereocenters. The first-order valence-corrected chi connectivity index (χ1v) is 5.99. The number of fused-ring (bicyclic) bond motifs is 1. The van der Waals surface area contributed by atoms with Crippen molar-refractivity contribution in [2.45, 2.75) is 13.8 Å². The molecular formula is C16H16O2. The van der Waals surface area contributed by atoms with Gasteiger partial charge in [0.05, 0.1) is 12.2 Å². The molecule has 0 fully saturated rings. The van der Waals surface area contributed by atoms with Gasteiger partial charge >= 0.3 is 5.97 Å². The number of allylic oxidation sites excluding steroid dienone is 1. The van der Waals surface area contributed by atoms with Crippen molar-refractivity contribution in [3.8, 4) is 0 Å². The molecule has 0 aromatic heterocycles. The Bertz CT molecular complexity index is 612. The van der Waals surface area contributed by atoms with Gasteiger partial charge in [-0.05, 0) is 42.3 Å². The predicted molar refractivity (Wildman–Crippen MR) is 74.6 cm³/mol. The van der Waals surface area contributed by atoms with Gasteiger partial charge in [-0.25, -0.2) is 4.79 Å². The smallest absolute Gasteiger partial charge is 0.338 e. The molecule has 92 valence electrons. The van der Waals surface area contributed by atoms with E-state index in [9.17, 15) is 4.79 Å². The number of carbonyl (C=O) groups excluding carboxylic acids is 1. The first kappa shape index (κ1) is 12.4. The number of benzene rings is 2. The highest BCUT2D eigenvalue weighted by Crippen LogP contribution is 2.26. The summed E-state index contributed by atoms with van der Waals surface area (Å²) < 4.78 is 5.04. The molecule has 0 aliphatic carbocycles. The van der Waals surface area contributed by atoms with Crippen molar-refractivity contribution < 1.29 is 9.53 Å². The summed E-state index contributed by atoms with van der Waals surface area (Å²) in [5.41, 5.74) is 2.52. The average molecular weight is 240 g/mol. The fourth-order valence-corrected chi connectivity index (χ4v) is 2.00. The van der Waals surface area contributed by atoms with Crippen LogP contribution in [0, 0.1) is 0 Å². The lowest BCUT2D eigenvalue weighted by Gasteiger charge is -2.09. The molecule has 2 rings (SSSR count). The molecule has 0 bridgehead atoms. The Kier molecular flexibility index (Phi) is 3.47. The van der Waals surface area contributed by atoms with E-state index in [1.807, 2.05) is 43.3 Å². The molecule has 0 atom stereocenters. The number of ether oxygens (including phenoxy) is 1. The summed E-state index contributed by atoms with van der Waals surface area (Å²) in [4.78, 5) is 11.8. The van der Waals surface area contributed by atoms with Crippen LogP contribution in [0.1, 0.15) is 29.8 Å². The lowest BCUT2D eigenvalue weighted by atomic mass is 9.97. The van der Waals surface area contributed by atoms with Crippen LogP contribution in [0.25, 0.3) is 16.3 Å². The highest BCUT2D eigenvalue weighted by Gasteiger charge is 2.11. The minimum absolute atomic E-state index is 0.286. The first-order valence-electron chi connectivity index (χ1n) is 5.99. The van der Waals surface area contributed by atoms with Gasteiger partial charge in [-0.3, -0.25) is 0 Å². The minimum atomic E-state index is -0.286. The Balaban J connectivity index is 2.64. The Labute approximate surface area is 107 Å². The number of hydrogen-bond acceptors (Lipinski definition) is 2. The highest BCUT2D eigenvalue weighted by molar-refractivity contribution is 6.00. The number of rotatable bonds is 3. The Morgan fingerprint density at radius 1 is 1.28 bits per heavy atom. The van der Waals surface area contributed by atoms with E-state index in [2.05, 4.69) is 6.58 Å². The summed E-state index contributed by atoms with van der Waals surface area (Å²) in [7, 11) is 0. The molecule has 2 heteroatoms. The van der Waals surface area contributed by atoms with E-state index < -0.39 is 0 Å². The maximum atomic E-state index is 11.8. The van der Waals surface area contributed by atoms with Crippen LogP contribution >= 0.6 is 0 Å². The molecule has 0 N–H and O–H groups in total. The van der Waals surface area contributed by atoms with Crippen molar-refractivity contribution in [1.82, 2.24) is 0 Å². The topological polar surface area (TPSA) is 26.3 Å². The van der Waals surface area contributed by atoms with Crippen LogP contribution in [0.2, 0.25) is 0 Å². The molecule has 2 aromatic carbocycles. The second-order valence-corrected chi connectivity index (χ2v) is 4.25. The van der Waals surface area contributed by atoms with Crippen LogP contribution in [-0.2, 0) is 4.74 Å². The van der Waals surface area contributed by atoms with E-state index in [1.54, 1.807) is 6.92 Å².